The molecule has 0 aliphatic heterocycles. The molecular weight excluding hydrogens is 357 g/mol. The summed E-state index contributed by atoms with van der Waals surface area (Å²) in [5.74, 6) is -1.66. The molecule has 1 aliphatic carbocycles. The fourth-order valence-corrected chi connectivity index (χ4v) is 3.58. The molecule has 0 saturated heterocycles. The van der Waals surface area contributed by atoms with Crippen molar-refractivity contribution in [2.24, 2.45) is 0 Å². The average Bonchev–Trinajstić information content (AvgIpc) is 2.69. The molecule has 3 nitrogen and oxygen atoms in total. The van der Waals surface area contributed by atoms with Gasteiger partial charge in [-0.25, -0.2) is 13.2 Å². The first kappa shape index (κ1) is 19.7. The Bertz CT molecular complexity index is 786. The summed E-state index contributed by atoms with van der Waals surface area (Å²) in [6, 6.07) is 7.71. The van der Waals surface area contributed by atoms with E-state index >= 15 is 0 Å². The molecule has 0 unspecified atom stereocenters. The van der Waals surface area contributed by atoms with Crippen LogP contribution in [0.2, 0.25) is 0 Å². The van der Waals surface area contributed by atoms with Crippen LogP contribution in [0.1, 0.15) is 48.3 Å². The first-order chi connectivity index (χ1) is 13.0. The van der Waals surface area contributed by atoms with Crippen molar-refractivity contribution in [3.63, 3.8) is 0 Å². The number of hydrogen-bond donors (Lipinski definition) is 1. The minimum Gasteiger partial charge on any atom is -0.497 e. The maximum Gasteiger partial charge on any atom is 0.164 e. The summed E-state index contributed by atoms with van der Waals surface area (Å²) >= 11 is 0. The van der Waals surface area contributed by atoms with Crippen LogP contribution >= 0.6 is 0 Å². The highest BCUT2D eigenvalue weighted by Gasteiger charge is 2.25. The second-order valence-electron chi connectivity index (χ2n) is 6.84. The highest BCUT2D eigenvalue weighted by Crippen LogP contribution is 2.36. The van der Waals surface area contributed by atoms with Crippen LogP contribution in [0.3, 0.4) is 0 Å². The van der Waals surface area contributed by atoms with Crippen molar-refractivity contribution in [3.8, 4) is 5.75 Å². The lowest BCUT2D eigenvalue weighted by Gasteiger charge is -2.29. The summed E-state index contributed by atoms with van der Waals surface area (Å²) in [6.45, 7) is -0.573. The van der Waals surface area contributed by atoms with E-state index in [1.54, 1.807) is 12.1 Å². The van der Waals surface area contributed by atoms with Crippen LogP contribution in [0.5, 0.6) is 5.75 Å². The number of rotatable bonds is 6. The van der Waals surface area contributed by atoms with E-state index in [9.17, 15) is 13.2 Å². The molecule has 0 amide bonds. The Morgan fingerprint density at radius 3 is 2.26 bits per heavy atom. The van der Waals surface area contributed by atoms with E-state index in [0.29, 0.717) is 11.3 Å². The van der Waals surface area contributed by atoms with Crippen molar-refractivity contribution >= 4 is 0 Å². The van der Waals surface area contributed by atoms with Crippen LogP contribution in [0, 0.1) is 17.5 Å². The molecule has 0 atom stereocenters. The van der Waals surface area contributed by atoms with E-state index in [0.717, 1.165) is 25.7 Å². The van der Waals surface area contributed by atoms with Crippen LogP contribution in [0.25, 0.3) is 0 Å². The maximum absolute atomic E-state index is 14.2. The monoisotopic (exact) mass is 380 g/mol. The third kappa shape index (κ3) is 4.45. The Hall–Kier alpha value is -2.05. The Morgan fingerprint density at radius 2 is 1.63 bits per heavy atom. The predicted molar refractivity (Wildman–Crippen MR) is 95.0 cm³/mol. The molecular formula is C21H23F3O3. The molecule has 1 fully saturated rings. The molecule has 1 aliphatic rings. The fraction of sp³-hybridized carbons (Fsp3) is 0.429. The second-order valence-corrected chi connectivity index (χ2v) is 6.84. The van der Waals surface area contributed by atoms with Gasteiger partial charge in [-0.05, 0) is 43.2 Å². The van der Waals surface area contributed by atoms with Crippen molar-refractivity contribution in [1.29, 1.82) is 0 Å². The molecule has 27 heavy (non-hydrogen) atoms. The quantitative estimate of drug-likeness (QED) is 0.779. The summed E-state index contributed by atoms with van der Waals surface area (Å²) in [6.07, 6.45) is 2.94. The van der Waals surface area contributed by atoms with Crippen LogP contribution in [0.4, 0.5) is 13.2 Å². The lowest BCUT2D eigenvalue weighted by atomic mass is 9.82. The van der Waals surface area contributed by atoms with Crippen LogP contribution < -0.4 is 4.74 Å². The van der Waals surface area contributed by atoms with Crippen molar-refractivity contribution in [1.82, 2.24) is 0 Å². The molecule has 1 saturated carbocycles. The Balaban J connectivity index is 1.55. The van der Waals surface area contributed by atoms with E-state index in [1.807, 2.05) is 0 Å². The first-order valence-corrected chi connectivity index (χ1v) is 9.05. The number of benzene rings is 2. The summed E-state index contributed by atoms with van der Waals surface area (Å²) < 4.78 is 52.7. The summed E-state index contributed by atoms with van der Waals surface area (Å²) in [4.78, 5) is 0. The largest absolute Gasteiger partial charge is 0.497 e. The molecule has 146 valence electrons. The van der Waals surface area contributed by atoms with E-state index in [1.165, 1.54) is 25.3 Å². The van der Waals surface area contributed by atoms with E-state index in [4.69, 9.17) is 14.6 Å². The van der Waals surface area contributed by atoms with E-state index in [-0.39, 0.29) is 35.6 Å². The SMILES string of the molecule is COc1ccc(C2CCC(OCc3ccc(CO)c(F)c3F)CC2)c(F)c1. The smallest absolute Gasteiger partial charge is 0.164 e. The highest BCUT2D eigenvalue weighted by atomic mass is 19.2. The summed E-state index contributed by atoms with van der Waals surface area (Å²) in [7, 11) is 1.50. The topological polar surface area (TPSA) is 38.7 Å². The molecule has 0 aromatic heterocycles. The van der Waals surface area contributed by atoms with Gasteiger partial charge in [0.15, 0.2) is 11.6 Å². The number of ether oxygens (including phenoxy) is 2. The Morgan fingerprint density at radius 1 is 0.963 bits per heavy atom. The number of aliphatic hydroxyl groups is 1. The molecule has 0 spiro atoms. The van der Waals surface area contributed by atoms with Gasteiger partial charge in [0.2, 0.25) is 0 Å². The maximum atomic E-state index is 14.2. The summed E-state index contributed by atoms with van der Waals surface area (Å²) in [5.41, 5.74) is 0.744. The van der Waals surface area contributed by atoms with Gasteiger partial charge < -0.3 is 14.6 Å². The normalized spacial score (nSPS) is 19.9. The first-order valence-electron chi connectivity index (χ1n) is 9.05. The minimum absolute atomic E-state index is 0.0271. The van der Waals surface area contributed by atoms with E-state index in [2.05, 4.69) is 0 Å². The van der Waals surface area contributed by atoms with Crippen molar-refractivity contribution < 1.29 is 27.8 Å². The van der Waals surface area contributed by atoms with Crippen LogP contribution in [0.15, 0.2) is 30.3 Å². The average molecular weight is 380 g/mol. The standard InChI is InChI=1S/C21H23F3O3/c1-26-17-8-9-18(19(22)10-17)13-4-6-16(7-5-13)27-12-15-3-2-14(11-25)20(23)21(15)24/h2-3,8-10,13,16,25H,4-7,11-12H2,1H3. The third-order valence-corrected chi connectivity index (χ3v) is 5.21. The number of hydrogen-bond acceptors (Lipinski definition) is 3. The molecule has 0 radical (unpaired) electrons. The van der Waals surface area contributed by atoms with Gasteiger partial charge in [0.25, 0.3) is 0 Å². The van der Waals surface area contributed by atoms with Crippen LogP contribution in [-0.2, 0) is 18.0 Å². The number of aliphatic hydroxyl groups excluding tert-OH is 1. The van der Waals surface area contributed by atoms with Crippen LogP contribution in [-0.4, -0.2) is 18.3 Å². The molecule has 2 aromatic carbocycles. The Labute approximate surface area is 156 Å². The van der Waals surface area contributed by atoms with Crippen molar-refractivity contribution in [2.75, 3.05) is 7.11 Å². The zero-order valence-corrected chi connectivity index (χ0v) is 15.2. The lowest BCUT2D eigenvalue weighted by Crippen LogP contribution is -2.21. The van der Waals surface area contributed by atoms with Gasteiger partial charge in [-0.2, -0.15) is 0 Å². The Kier molecular flexibility index (Phi) is 6.39. The van der Waals surface area contributed by atoms with Gasteiger partial charge in [-0.15, -0.1) is 0 Å². The predicted octanol–water partition coefficient (Wildman–Crippen LogP) is 4.85. The molecule has 2 aromatic rings. The summed E-state index contributed by atoms with van der Waals surface area (Å²) in [5, 5.41) is 8.96. The minimum atomic E-state index is -1.03. The third-order valence-electron chi connectivity index (χ3n) is 5.21. The molecule has 1 N–H and O–H groups in total. The molecule has 0 bridgehead atoms. The molecule has 3 rings (SSSR count). The van der Waals surface area contributed by atoms with Gasteiger partial charge in [0.1, 0.15) is 11.6 Å². The molecule has 0 heterocycles. The van der Waals surface area contributed by atoms with Gasteiger partial charge >= 0.3 is 0 Å². The highest BCUT2D eigenvalue weighted by molar-refractivity contribution is 5.31. The second kappa shape index (κ2) is 8.76. The van der Waals surface area contributed by atoms with Crippen molar-refractivity contribution in [2.45, 2.75) is 50.9 Å². The van der Waals surface area contributed by atoms with Gasteiger partial charge in [-0.1, -0.05) is 18.2 Å². The van der Waals surface area contributed by atoms with Gasteiger partial charge in [-0.3, -0.25) is 0 Å². The number of halogens is 3. The zero-order valence-electron chi connectivity index (χ0n) is 15.2. The van der Waals surface area contributed by atoms with Gasteiger partial charge in [0, 0.05) is 17.2 Å². The van der Waals surface area contributed by atoms with Crippen molar-refractivity contribution in [3.05, 3.63) is 64.5 Å². The molecule has 6 heteroatoms. The van der Waals surface area contributed by atoms with E-state index < -0.39 is 18.2 Å². The fourth-order valence-electron chi connectivity index (χ4n) is 3.58. The zero-order chi connectivity index (χ0) is 19.4. The van der Waals surface area contributed by atoms with Gasteiger partial charge in [0.05, 0.1) is 26.4 Å². The number of methoxy groups -OCH3 is 1. The lowest BCUT2D eigenvalue weighted by molar-refractivity contribution is 0.0116.